The summed E-state index contributed by atoms with van der Waals surface area (Å²) in [7, 11) is 1.30. The van der Waals surface area contributed by atoms with Crippen molar-refractivity contribution in [3.05, 3.63) is 97.2 Å². The van der Waals surface area contributed by atoms with Crippen molar-refractivity contribution >= 4 is 13.7 Å². The molecule has 0 radical (unpaired) electrons. The number of carbonyl (C=O) groups is 1. The van der Waals surface area contributed by atoms with E-state index in [4.69, 9.17) is 9.05 Å². The molecule has 0 saturated heterocycles. The van der Waals surface area contributed by atoms with Crippen LogP contribution in [0, 0.1) is 0 Å². The Labute approximate surface area is 553 Å². The van der Waals surface area contributed by atoms with Gasteiger partial charge in [-0.15, -0.1) is 0 Å². The van der Waals surface area contributed by atoms with Crippen LogP contribution in [0.3, 0.4) is 0 Å². The van der Waals surface area contributed by atoms with Gasteiger partial charge in [0.2, 0.25) is 5.91 Å². The number of hydrogen-bond acceptors (Lipinski definition) is 6. The molecule has 8 nitrogen and oxygen atoms in total. The minimum atomic E-state index is -4.59. The summed E-state index contributed by atoms with van der Waals surface area (Å²) in [6.45, 7) is 4.64. The van der Waals surface area contributed by atoms with Crippen LogP contribution in [0.25, 0.3) is 0 Å². The van der Waals surface area contributed by atoms with Crippen LogP contribution in [0.2, 0.25) is 0 Å². The van der Waals surface area contributed by atoms with E-state index in [0.717, 1.165) is 96.3 Å². The van der Waals surface area contributed by atoms with Crippen LogP contribution in [0.4, 0.5) is 0 Å². The summed E-state index contributed by atoms with van der Waals surface area (Å²) in [5.74, 6) is -0.168. The molecule has 2 N–H and O–H groups in total. The first kappa shape index (κ1) is 86.4. The zero-order chi connectivity index (χ0) is 64.8. The van der Waals surface area contributed by atoms with Crippen LogP contribution in [0.5, 0.6) is 0 Å². The maximum Gasteiger partial charge on any atom is 0.268 e. The number of nitrogens with one attached hydrogen (secondary N) is 1. The summed E-state index contributed by atoms with van der Waals surface area (Å²) < 4.78 is 23.6. The number of phosphoric ester groups is 1. The van der Waals surface area contributed by atoms with E-state index in [9.17, 15) is 19.4 Å². The van der Waals surface area contributed by atoms with Crippen LogP contribution < -0.4 is 10.2 Å². The third-order valence-corrected chi connectivity index (χ3v) is 18.1. The van der Waals surface area contributed by atoms with Gasteiger partial charge < -0.3 is 28.8 Å². The van der Waals surface area contributed by atoms with Gasteiger partial charge in [-0.3, -0.25) is 9.36 Å². The average Bonchev–Trinajstić information content (AvgIpc) is 3.64. The third-order valence-electron chi connectivity index (χ3n) is 17.1. The lowest BCUT2D eigenvalue weighted by atomic mass is 10.0. The molecule has 0 heterocycles. The van der Waals surface area contributed by atoms with Crippen LogP contribution in [-0.4, -0.2) is 68.5 Å². The Kier molecular flexibility index (Phi) is 67.7. The molecule has 0 aliphatic carbocycles. The highest BCUT2D eigenvalue weighted by atomic mass is 31.2. The van der Waals surface area contributed by atoms with Gasteiger partial charge in [0, 0.05) is 6.42 Å². The largest absolute Gasteiger partial charge is 0.756 e. The monoisotopic (exact) mass is 1260 g/mol. The molecule has 0 aromatic carbocycles. The highest BCUT2D eigenvalue weighted by molar-refractivity contribution is 7.45. The molecule has 89 heavy (non-hydrogen) atoms. The number of aliphatic hydroxyl groups is 1. The SMILES string of the molecule is CC/C=C\C/C=C\C/C=C\C/C=C\C/C=C\C/C=C\C/C=C\C/C=C\CCCCCCCCCCCCC(=O)NC(COP(=O)([O-])OCC[N+](C)(C)C)C(O)CCCCCCCCCCCCCCCCCCCCCCCCCCCCCCCCCC. The predicted molar refractivity (Wildman–Crippen MR) is 390 cm³/mol. The van der Waals surface area contributed by atoms with E-state index in [1.165, 1.54) is 231 Å². The van der Waals surface area contributed by atoms with Crippen molar-refractivity contribution in [2.24, 2.45) is 0 Å². The summed E-state index contributed by atoms with van der Waals surface area (Å²) in [6.07, 6.45) is 101. The van der Waals surface area contributed by atoms with Gasteiger partial charge in [0.05, 0.1) is 39.9 Å². The fourth-order valence-corrected chi connectivity index (χ4v) is 12.0. The zero-order valence-electron chi connectivity index (χ0n) is 59.4. The van der Waals surface area contributed by atoms with E-state index in [1.54, 1.807) is 0 Å². The predicted octanol–water partition coefficient (Wildman–Crippen LogP) is 24.2. The minimum absolute atomic E-state index is 0.00810. The van der Waals surface area contributed by atoms with Gasteiger partial charge in [-0.1, -0.05) is 368 Å². The molecule has 0 aromatic heterocycles. The quantitative estimate of drug-likeness (QED) is 0.0272. The van der Waals surface area contributed by atoms with Gasteiger partial charge >= 0.3 is 0 Å². The summed E-state index contributed by atoms with van der Waals surface area (Å²) in [6, 6.07) is -0.812. The smallest absolute Gasteiger partial charge is 0.268 e. The normalized spacial score (nSPS) is 14.1. The van der Waals surface area contributed by atoms with E-state index >= 15 is 0 Å². The number of carbonyl (C=O) groups excluding carboxylic acids is 1. The van der Waals surface area contributed by atoms with Crippen molar-refractivity contribution in [3.63, 3.8) is 0 Å². The van der Waals surface area contributed by atoms with Crippen molar-refractivity contribution in [2.45, 2.75) is 366 Å². The molecule has 1 amide bonds. The number of nitrogens with zero attached hydrogens (tertiary/aromatic N) is 1. The molecule has 0 rings (SSSR count). The van der Waals surface area contributed by atoms with Crippen LogP contribution in [0.1, 0.15) is 354 Å². The summed E-state index contributed by atoms with van der Waals surface area (Å²) in [5.41, 5.74) is 0. The molecule has 9 heteroatoms. The summed E-state index contributed by atoms with van der Waals surface area (Å²) >= 11 is 0. The van der Waals surface area contributed by atoms with E-state index in [1.807, 2.05) is 21.1 Å². The number of unbranched alkanes of at least 4 members (excludes halogenated alkanes) is 41. The second-order valence-electron chi connectivity index (χ2n) is 27.0. The standard InChI is InChI=1S/C80H147N2O6P/c1-6-8-10-12-14-16-18-20-22-24-26-28-30-32-34-36-38-40-41-42-44-46-48-50-52-54-56-58-60-62-64-66-68-70-72-74-80(84)81-78(77-88-89(85,86)87-76-75-82(3,4)5)79(83)73-71-69-67-65-63-61-59-57-55-53-51-49-47-45-43-39-37-35-33-31-29-27-25-23-21-19-17-15-13-11-9-7-2/h8,10,14,16,20,22,26,28,32,34,38,40,42,44,48,50,78-79,83H,6-7,9,11-13,15,17-19,21,23-25,27,29-31,33,35-37,39,41,43,45-47,49,51-77H2,1-5H3,(H-,81,84,85,86)/b10-8-,16-14-,22-20-,28-26-,34-32-,40-38-,44-42-,50-48-. The molecule has 518 valence electrons. The Morgan fingerprint density at radius 3 is 1.00 bits per heavy atom. The Bertz CT molecular complexity index is 1780. The molecule has 0 aliphatic rings. The Morgan fingerprint density at radius 2 is 0.685 bits per heavy atom. The third kappa shape index (κ3) is 72.7. The molecule has 3 unspecified atom stereocenters. The van der Waals surface area contributed by atoms with Crippen LogP contribution >= 0.6 is 7.82 Å². The molecule has 0 spiro atoms. The maximum absolute atomic E-state index is 13.1. The highest BCUT2D eigenvalue weighted by Crippen LogP contribution is 2.38. The molecule has 0 bridgehead atoms. The topological polar surface area (TPSA) is 108 Å². The van der Waals surface area contributed by atoms with Crippen LogP contribution in [0.15, 0.2) is 97.2 Å². The molecule has 0 fully saturated rings. The fraction of sp³-hybridized carbons (Fsp3) is 0.787. The van der Waals surface area contributed by atoms with Crippen molar-refractivity contribution in [2.75, 3.05) is 40.9 Å². The Hall–Kier alpha value is -2.58. The van der Waals surface area contributed by atoms with Gasteiger partial charge in [0.15, 0.2) is 0 Å². The van der Waals surface area contributed by atoms with Gasteiger partial charge in [0.25, 0.3) is 7.82 Å². The average molecular weight is 1260 g/mol. The first-order chi connectivity index (χ1) is 43.5. The van der Waals surface area contributed by atoms with Gasteiger partial charge in [-0.2, -0.15) is 0 Å². The number of amides is 1. The first-order valence-corrected chi connectivity index (χ1v) is 39.5. The first-order valence-electron chi connectivity index (χ1n) is 38.1. The van der Waals surface area contributed by atoms with E-state index < -0.39 is 20.0 Å². The van der Waals surface area contributed by atoms with Crippen molar-refractivity contribution in [1.82, 2.24) is 5.32 Å². The molecule has 0 aliphatic heterocycles. The number of likely N-dealkylation sites (N-methyl/N-ethyl adjacent to an activating group) is 1. The van der Waals surface area contributed by atoms with Crippen molar-refractivity contribution < 1.29 is 32.9 Å². The number of hydrogen-bond donors (Lipinski definition) is 2. The Morgan fingerprint density at radius 1 is 0.404 bits per heavy atom. The highest BCUT2D eigenvalue weighted by Gasteiger charge is 2.24. The summed E-state index contributed by atoms with van der Waals surface area (Å²) in [4.78, 5) is 25.7. The van der Waals surface area contributed by atoms with E-state index in [-0.39, 0.29) is 19.1 Å². The maximum atomic E-state index is 13.1. The zero-order valence-corrected chi connectivity index (χ0v) is 60.3. The van der Waals surface area contributed by atoms with Crippen molar-refractivity contribution in [1.29, 1.82) is 0 Å². The molecular weight excluding hydrogens is 1120 g/mol. The van der Waals surface area contributed by atoms with E-state index in [2.05, 4.69) is 116 Å². The fourth-order valence-electron chi connectivity index (χ4n) is 11.2. The number of allylic oxidation sites excluding steroid dienone is 16. The lowest BCUT2D eigenvalue weighted by Gasteiger charge is -2.30. The van der Waals surface area contributed by atoms with Crippen molar-refractivity contribution in [3.8, 4) is 0 Å². The number of phosphoric acid groups is 1. The minimum Gasteiger partial charge on any atom is -0.756 e. The second-order valence-corrected chi connectivity index (χ2v) is 28.4. The molecule has 0 aromatic rings. The number of quaternary nitrogens is 1. The number of aliphatic hydroxyl groups excluding tert-OH is 1. The molecule has 3 atom stereocenters. The van der Waals surface area contributed by atoms with Gasteiger partial charge in [0.1, 0.15) is 13.2 Å². The molecular formula is C80H147N2O6P. The number of rotatable bonds is 70. The van der Waals surface area contributed by atoms with E-state index in [0.29, 0.717) is 23.9 Å². The van der Waals surface area contributed by atoms with Gasteiger partial charge in [-0.25, -0.2) is 0 Å². The lowest BCUT2D eigenvalue weighted by molar-refractivity contribution is -0.870. The summed E-state index contributed by atoms with van der Waals surface area (Å²) in [5, 5.41) is 14.1. The van der Waals surface area contributed by atoms with Crippen LogP contribution in [-0.2, 0) is 18.4 Å². The molecule has 0 saturated carbocycles. The Balaban J connectivity index is 4.03. The van der Waals surface area contributed by atoms with Gasteiger partial charge in [-0.05, 0) is 77.0 Å². The second kappa shape index (κ2) is 69.8. The lowest BCUT2D eigenvalue weighted by Crippen LogP contribution is -2.46.